The molecule has 5 nitrogen and oxygen atoms in total. The number of allylic oxidation sites excluding steroid dienone is 2. The van der Waals surface area contributed by atoms with E-state index in [0.717, 1.165) is 0 Å². The van der Waals surface area contributed by atoms with Crippen LogP contribution in [-0.2, 0) is 14.3 Å². The summed E-state index contributed by atoms with van der Waals surface area (Å²) in [6.45, 7) is 0. The molecular weight excluding hydrogens is 260 g/mol. The topological polar surface area (TPSA) is 76.0 Å². The Kier molecular flexibility index (Phi) is 3.92. The summed E-state index contributed by atoms with van der Waals surface area (Å²) in [5.41, 5.74) is 0.332. The number of hydrogen-bond donors (Lipinski definition) is 2. The van der Waals surface area contributed by atoms with E-state index < -0.39 is 5.79 Å². The van der Waals surface area contributed by atoms with Gasteiger partial charge in [0.25, 0.3) is 0 Å². The first kappa shape index (κ1) is 14.3. The van der Waals surface area contributed by atoms with Crippen molar-refractivity contribution in [1.29, 1.82) is 0 Å². The first-order chi connectivity index (χ1) is 9.53. The molecule has 0 aromatic heterocycles. The fraction of sp³-hybridized carbons (Fsp3) is 0.267. The maximum absolute atomic E-state index is 12.1. The Balaban J connectivity index is 2.46. The molecular formula is C15H16O5. The van der Waals surface area contributed by atoms with Crippen LogP contribution in [0.2, 0.25) is 0 Å². The van der Waals surface area contributed by atoms with Gasteiger partial charge in [-0.25, -0.2) is 0 Å². The van der Waals surface area contributed by atoms with Crippen LogP contribution in [-0.4, -0.2) is 36.0 Å². The monoisotopic (exact) mass is 276 g/mol. The van der Waals surface area contributed by atoms with Crippen LogP contribution in [0.4, 0.5) is 0 Å². The van der Waals surface area contributed by atoms with Gasteiger partial charge in [0.1, 0.15) is 11.5 Å². The summed E-state index contributed by atoms with van der Waals surface area (Å²) >= 11 is 0. The minimum Gasteiger partial charge on any atom is -0.507 e. The van der Waals surface area contributed by atoms with Crippen LogP contribution in [0.3, 0.4) is 0 Å². The molecule has 0 radical (unpaired) electrons. The SMILES string of the molecule is COC1(OC)C=C/C(=C(/O)c2ccccc2O)C(=O)C1. The highest BCUT2D eigenvalue weighted by Gasteiger charge is 2.35. The quantitative estimate of drug-likeness (QED) is 0.503. The number of hydrogen-bond acceptors (Lipinski definition) is 5. The van der Waals surface area contributed by atoms with Gasteiger partial charge in [-0.15, -0.1) is 0 Å². The number of aromatic hydroxyl groups is 1. The number of para-hydroxylation sites is 1. The van der Waals surface area contributed by atoms with Gasteiger partial charge in [-0.3, -0.25) is 4.79 Å². The van der Waals surface area contributed by atoms with E-state index in [-0.39, 0.29) is 34.8 Å². The zero-order valence-corrected chi connectivity index (χ0v) is 11.3. The molecule has 0 heterocycles. The van der Waals surface area contributed by atoms with Crippen molar-refractivity contribution in [2.24, 2.45) is 0 Å². The zero-order chi connectivity index (χ0) is 14.8. The molecule has 5 heteroatoms. The summed E-state index contributed by atoms with van der Waals surface area (Å²) in [5.74, 6) is -1.77. The van der Waals surface area contributed by atoms with E-state index in [1.807, 2.05) is 0 Å². The van der Waals surface area contributed by atoms with Gasteiger partial charge in [0, 0.05) is 14.2 Å². The number of phenols is 1. The lowest BCUT2D eigenvalue weighted by Gasteiger charge is -2.30. The molecule has 1 aromatic rings. The summed E-state index contributed by atoms with van der Waals surface area (Å²) in [7, 11) is 2.89. The number of carbonyl (C=O) groups is 1. The number of benzene rings is 1. The molecule has 106 valence electrons. The van der Waals surface area contributed by atoms with E-state index in [9.17, 15) is 15.0 Å². The van der Waals surface area contributed by atoms with Gasteiger partial charge in [0.05, 0.1) is 17.6 Å². The van der Waals surface area contributed by atoms with Crippen molar-refractivity contribution >= 4 is 11.5 Å². The summed E-state index contributed by atoms with van der Waals surface area (Å²) < 4.78 is 10.3. The second-order valence-corrected chi connectivity index (χ2v) is 4.43. The largest absolute Gasteiger partial charge is 0.507 e. The molecule has 1 aromatic carbocycles. The third-order valence-electron chi connectivity index (χ3n) is 3.32. The second kappa shape index (κ2) is 5.48. The summed E-state index contributed by atoms with van der Waals surface area (Å²) in [4.78, 5) is 12.1. The molecule has 0 amide bonds. The lowest BCUT2D eigenvalue weighted by molar-refractivity contribution is -0.178. The summed E-state index contributed by atoms with van der Waals surface area (Å²) in [6, 6.07) is 6.28. The molecule has 0 aliphatic heterocycles. The number of aliphatic hydroxyl groups excluding tert-OH is 1. The maximum atomic E-state index is 12.1. The number of Topliss-reactive ketones (excluding diaryl/α,β-unsaturated/α-hetero) is 1. The van der Waals surface area contributed by atoms with Gasteiger partial charge in [-0.2, -0.15) is 0 Å². The molecule has 0 unspecified atom stereocenters. The number of carbonyl (C=O) groups excluding carboxylic acids is 1. The smallest absolute Gasteiger partial charge is 0.194 e. The molecule has 2 rings (SSSR count). The Hall–Kier alpha value is -2.11. The van der Waals surface area contributed by atoms with Crippen LogP contribution in [0.1, 0.15) is 12.0 Å². The van der Waals surface area contributed by atoms with E-state index in [2.05, 4.69) is 0 Å². The molecule has 0 bridgehead atoms. The van der Waals surface area contributed by atoms with Crippen LogP contribution in [0.25, 0.3) is 5.76 Å². The minimum absolute atomic E-state index is 0.0382. The van der Waals surface area contributed by atoms with Crippen molar-refractivity contribution in [2.45, 2.75) is 12.2 Å². The first-order valence-electron chi connectivity index (χ1n) is 6.07. The second-order valence-electron chi connectivity index (χ2n) is 4.43. The molecule has 2 N–H and O–H groups in total. The lowest BCUT2D eigenvalue weighted by atomic mass is 9.92. The van der Waals surface area contributed by atoms with Crippen LogP contribution >= 0.6 is 0 Å². The predicted octanol–water partition coefficient (Wildman–Crippen LogP) is 2.18. The molecule has 0 saturated carbocycles. The fourth-order valence-electron chi connectivity index (χ4n) is 2.07. The van der Waals surface area contributed by atoms with E-state index in [1.165, 1.54) is 32.4 Å². The number of rotatable bonds is 3. The van der Waals surface area contributed by atoms with E-state index in [4.69, 9.17) is 9.47 Å². The molecule has 1 aliphatic carbocycles. The Bertz CT molecular complexity index is 582. The van der Waals surface area contributed by atoms with Crippen LogP contribution < -0.4 is 0 Å². The zero-order valence-electron chi connectivity index (χ0n) is 11.3. The fourth-order valence-corrected chi connectivity index (χ4v) is 2.07. The van der Waals surface area contributed by atoms with Crippen LogP contribution in [0, 0.1) is 0 Å². The van der Waals surface area contributed by atoms with Gasteiger partial charge in [0.2, 0.25) is 0 Å². The molecule has 20 heavy (non-hydrogen) atoms. The number of aliphatic hydroxyl groups is 1. The standard InChI is InChI=1S/C15H16O5/c1-19-15(20-2)8-7-11(13(17)9-15)14(18)10-5-3-4-6-12(10)16/h3-8,16,18H,9H2,1-2H3/b14-11-. The predicted molar refractivity (Wildman–Crippen MR) is 73.2 cm³/mol. The van der Waals surface area contributed by atoms with Crippen molar-refractivity contribution in [3.8, 4) is 5.75 Å². The Labute approximate surface area is 116 Å². The van der Waals surface area contributed by atoms with Crippen LogP contribution in [0.15, 0.2) is 42.0 Å². The van der Waals surface area contributed by atoms with Gasteiger partial charge in [-0.1, -0.05) is 12.1 Å². The van der Waals surface area contributed by atoms with Crippen molar-refractivity contribution in [3.63, 3.8) is 0 Å². The first-order valence-corrected chi connectivity index (χ1v) is 6.07. The van der Waals surface area contributed by atoms with E-state index in [0.29, 0.717) is 0 Å². The van der Waals surface area contributed by atoms with Crippen LogP contribution in [0.5, 0.6) is 5.75 Å². The van der Waals surface area contributed by atoms with Gasteiger partial charge in [0.15, 0.2) is 11.6 Å². The molecule has 0 spiro atoms. The third-order valence-corrected chi connectivity index (χ3v) is 3.32. The molecule has 0 saturated heterocycles. The third kappa shape index (κ3) is 2.45. The van der Waals surface area contributed by atoms with Crippen molar-refractivity contribution in [2.75, 3.05) is 14.2 Å². The number of ether oxygens (including phenoxy) is 2. The Morgan fingerprint density at radius 3 is 2.45 bits per heavy atom. The van der Waals surface area contributed by atoms with Crippen molar-refractivity contribution in [1.82, 2.24) is 0 Å². The molecule has 0 fully saturated rings. The number of ketones is 1. The van der Waals surface area contributed by atoms with Gasteiger partial charge in [-0.05, 0) is 24.3 Å². The lowest BCUT2D eigenvalue weighted by Crippen LogP contribution is -2.37. The average Bonchev–Trinajstić information content (AvgIpc) is 2.47. The maximum Gasteiger partial charge on any atom is 0.194 e. The Morgan fingerprint density at radius 2 is 1.90 bits per heavy atom. The summed E-state index contributed by atoms with van der Waals surface area (Å²) in [5, 5.41) is 19.9. The minimum atomic E-state index is -1.10. The van der Waals surface area contributed by atoms with Crippen molar-refractivity contribution < 1.29 is 24.5 Å². The number of phenolic OH excluding ortho intramolecular Hbond substituents is 1. The molecule has 1 aliphatic rings. The van der Waals surface area contributed by atoms with Gasteiger partial charge >= 0.3 is 0 Å². The van der Waals surface area contributed by atoms with E-state index >= 15 is 0 Å². The molecule has 0 atom stereocenters. The Morgan fingerprint density at radius 1 is 1.25 bits per heavy atom. The average molecular weight is 276 g/mol. The highest BCUT2D eigenvalue weighted by Crippen LogP contribution is 2.32. The highest BCUT2D eigenvalue weighted by atomic mass is 16.7. The number of methoxy groups -OCH3 is 2. The van der Waals surface area contributed by atoms with E-state index in [1.54, 1.807) is 18.2 Å². The highest BCUT2D eigenvalue weighted by molar-refractivity contribution is 6.05. The normalized spacial score (nSPS) is 20.0. The van der Waals surface area contributed by atoms with Gasteiger partial charge < -0.3 is 19.7 Å². The summed E-state index contributed by atoms with van der Waals surface area (Å²) in [6.07, 6.45) is 2.98. The van der Waals surface area contributed by atoms with Crippen molar-refractivity contribution in [3.05, 3.63) is 47.6 Å².